The molecule has 0 unspecified atom stereocenters. The number of carbonyl (C=O) groups excluding carboxylic acids is 2. The van der Waals surface area contributed by atoms with Gasteiger partial charge < -0.3 is 0 Å². The molecule has 2 heteroatoms. The summed E-state index contributed by atoms with van der Waals surface area (Å²) >= 11 is 0. The van der Waals surface area contributed by atoms with Crippen LogP contribution in [0.4, 0.5) is 0 Å². The molecule has 0 spiro atoms. The van der Waals surface area contributed by atoms with Crippen LogP contribution in [0, 0.1) is 21.7 Å². The first-order chi connectivity index (χ1) is 22.1. The summed E-state index contributed by atoms with van der Waals surface area (Å²) in [5.41, 5.74) is 4.25. The minimum atomic E-state index is -0.304. The maximum Gasteiger partial charge on any atom is 0.186 e. The smallest absolute Gasteiger partial charge is 0.186 e. The van der Waals surface area contributed by atoms with Crippen LogP contribution < -0.4 is 10.4 Å². The van der Waals surface area contributed by atoms with Crippen molar-refractivity contribution in [3.05, 3.63) is 118 Å². The molecule has 0 amide bonds. The van der Waals surface area contributed by atoms with Crippen molar-refractivity contribution in [3.63, 3.8) is 0 Å². The van der Waals surface area contributed by atoms with Gasteiger partial charge in [0.05, 0.1) is 0 Å². The van der Waals surface area contributed by atoms with E-state index < -0.39 is 0 Å². The Kier molecular flexibility index (Phi) is 7.79. The molecule has 0 saturated heterocycles. The van der Waals surface area contributed by atoms with E-state index >= 15 is 0 Å². The van der Waals surface area contributed by atoms with Crippen molar-refractivity contribution in [1.29, 1.82) is 0 Å². The Labute approximate surface area is 286 Å². The fourth-order valence-corrected chi connectivity index (χ4v) is 7.08. The van der Waals surface area contributed by atoms with E-state index in [0.29, 0.717) is 0 Å². The van der Waals surface area contributed by atoms with Crippen molar-refractivity contribution in [2.24, 2.45) is 21.7 Å². The monoisotopic (exact) mass is 634 g/mol. The lowest BCUT2D eigenvalue weighted by Gasteiger charge is -2.31. The van der Waals surface area contributed by atoms with Gasteiger partial charge in [0.15, 0.2) is 11.6 Å². The highest BCUT2D eigenvalue weighted by molar-refractivity contribution is 6.16. The first-order valence-corrected chi connectivity index (χ1v) is 17.3. The van der Waals surface area contributed by atoms with Gasteiger partial charge in [-0.25, -0.2) is 0 Å². The molecule has 0 aliphatic heterocycles. The number of hydrogen-bond acceptors (Lipinski definition) is 2. The Balaban J connectivity index is 1.84. The van der Waals surface area contributed by atoms with Crippen LogP contribution in [0.15, 0.2) is 107 Å². The highest BCUT2D eigenvalue weighted by Crippen LogP contribution is 2.41. The zero-order valence-corrected chi connectivity index (χ0v) is 30.9. The number of fused-ring (bicyclic) bond motifs is 3. The van der Waals surface area contributed by atoms with Crippen LogP contribution in [0.3, 0.4) is 0 Å². The summed E-state index contributed by atoms with van der Waals surface area (Å²) in [5.74, 6) is 0.275. The molecule has 2 aliphatic rings. The van der Waals surface area contributed by atoms with Crippen LogP contribution >= 0.6 is 0 Å². The SMILES string of the molecule is CC(C)(C)C1=CC(=c2ccc(=C3C=C(C(C)(C)C)C(=O)C(C(C)(C)C)=C3)c3cc4cc5ccccc5cc4cc23)C=C(C(C)(C)C)C1=O. The summed E-state index contributed by atoms with van der Waals surface area (Å²) in [6, 6.07) is 22.2. The summed E-state index contributed by atoms with van der Waals surface area (Å²) in [5, 5.41) is 9.24. The molecule has 4 aromatic rings. The average molecular weight is 635 g/mol. The van der Waals surface area contributed by atoms with Crippen LogP contribution in [-0.4, -0.2) is 11.6 Å². The number of allylic oxidation sites excluding steroid dienone is 8. The maximum absolute atomic E-state index is 13.9. The Bertz CT molecular complexity index is 2080. The molecule has 0 saturated carbocycles. The second kappa shape index (κ2) is 11.1. The van der Waals surface area contributed by atoms with Crippen LogP contribution in [-0.2, 0) is 9.59 Å². The van der Waals surface area contributed by atoms with Gasteiger partial charge in [-0.05, 0) is 124 Å². The topological polar surface area (TPSA) is 34.1 Å². The van der Waals surface area contributed by atoms with E-state index in [-0.39, 0.29) is 33.2 Å². The van der Waals surface area contributed by atoms with Crippen molar-refractivity contribution in [3.8, 4) is 0 Å². The molecule has 2 aliphatic carbocycles. The second-order valence-corrected chi connectivity index (χ2v) is 17.9. The lowest BCUT2D eigenvalue weighted by atomic mass is 9.71. The molecule has 0 fully saturated rings. The quantitative estimate of drug-likeness (QED) is 0.180. The van der Waals surface area contributed by atoms with E-state index in [1.165, 1.54) is 21.5 Å². The Morgan fingerprint density at radius 1 is 0.375 bits per heavy atom. The lowest BCUT2D eigenvalue weighted by molar-refractivity contribution is -0.114. The molecule has 0 heterocycles. The second-order valence-electron chi connectivity index (χ2n) is 17.9. The van der Waals surface area contributed by atoms with Gasteiger partial charge in [0.25, 0.3) is 0 Å². The van der Waals surface area contributed by atoms with Gasteiger partial charge in [0.2, 0.25) is 0 Å². The molecule has 6 rings (SSSR count). The van der Waals surface area contributed by atoms with Gasteiger partial charge in [-0.15, -0.1) is 0 Å². The molecule has 4 aromatic carbocycles. The van der Waals surface area contributed by atoms with Crippen LogP contribution in [0.5, 0.6) is 0 Å². The van der Waals surface area contributed by atoms with Gasteiger partial charge in [0.1, 0.15) is 0 Å². The average Bonchev–Trinajstić information content (AvgIpc) is 2.96. The minimum Gasteiger partial charge on any atom is -0.289 e. The van der Waals surface area contributed by atoms with E-state index in [4.69, 9.17) is 0 Å². The summed E-state index contributed by atoms with van der Waals surface area (Å²) in [4.78, 5) is 27.8. The molecular formula is C46H50O2. The number of rotatable bonds is 0. The Morgan fingerprint density at radius 2 is 0.667 bits per heavy atom. The van der Waals surface area contributed by atoms with E-state index in [0.717, 1.165) is 54.6 Å². The van der Waals surface area contributed by atoms with E-state index in [2.05, 4.69) is 168 Å². The normalized spacial score (nSPS) is 16.8. The van der Waals surface area contributed by atoms with Crippen molar-refractivity contribution in [2.75, 3.05) is 0 Å². The fraction of sp³-hybridized carbons (Fsp3) is 0.348. The van der Waals surface area contributed by atoms with Crippen molar-refractivity contribution in [2.45, 2.75) is 83.1 Å². The van der Waals surface area contributed by atoms with E-state index in [9.17, 15) is 9.59 Å². The first-order valence-electron chi connectivity index (χ1n) is 17.3. The van der Waals surface area contributed by atoms with Gasteiger partial charge in [-0.1, -0.05) is 119 Å². The molecule has 0 atom stereocenters. The summed E-state index contributed by atoms with van der Waals surface area (Å²) in [6.07, 6.45) is 8.49. The minimum absolute atomic E-state index is 0.138. The number of carbonyl (C=O) groups is 2. The predicted molar refractivity (Wildman–Crippen MR) is 205 cm³/mol. The number of Topliss-reactive ketones (excluding diaryl/α,β-unsaturated/α-hetero) is 2. The molecular weight excluding hydrogens is 585 g/mol. The van der Waals surface area contributed by atoms with Gasteiger partial charge in [-0.2, -0.15) is 0 Å². The van der Waals surface area contributed by atoms with Crippen LogP contribution in [0.1, 0.15) is 83.1 Å². The number of hydrogen-bond donors (Lipinski definition) is 0. The molecule has 0 radical (unpaired) electrons. The van der Waals surface area contributed by atoms with Gasteiger partial charge in [-0.3, -0.25) is 9.59 Å². The molecule has 48 heavy (non-hydrogen) atoms. The molecule has 0 aromatic heterocycles. The fourth-order valence-electron chi connectivity index (χ4n) is 7.08. The third kappa shape index (κ3) is 5.96. The maximum atomic E-state index is 13.9. The summed E-state index contributed by atoms with van der Waals surface area (Å²) in [7, 11) is 0. The largest absolute Gasteiger partial charge is 0.289 e. The summed E-state index contributed by atoms with van der Waals surface area (Å²) < 4.78 is 0. The van der Waals surface area contributed by atoms with Gasteiger partial charge in [0, 0.05) is 22.3 Å². The van der Waals surface area contributed by atoms with Crippen molar-refractivity contribution >= 4 is 55.0 Å². The van der Waals surface area contributed by atoms with Crippen molar-refractivity contribution in [1.82, 2.24) is 0 Å². The molecule has 0 N–H and O–H groups in total. The molecule has 246 valence electrons. The van der Waals surface area contributed by atoms with Crippen LogP contribution in [0.2, 0.25) is 0 Å². The van der Waals surface area contributed by atoms with Gasteiger partial charge >= 0.3 is 0 Å². The van der Waals surface area contributed by atoms with Crippen molar-refractivity contribution < 1.29 is 9.59 Å². The Hall–Kier alpha value is -4.30. The van der Waals surface area contributed by atoms with E-state index in [1.807, 2.05) is 0 Å². The number of ketones is 2. The summed E-state index contributed by atoms with van der Waals surface area (Å²) in [6.45, 7) is 25.5. The third-order valence-corrected chi connectivity index (χ3v) is 9.87. The first kappa shape index (κ1) is 33.6. The predicted octanol–water partition coefficient (Wildman–Crippen LogP) is 10.5. The molecule has 0 bridgehead atoms. The number of benzene rings is 4. The van der Waals surface area contributed by atoms with E-state index in [1.54, 1.807) is 0 Å². The zero-order valence-electron chi connectivity index (χ0n) is 30.9. The zero-order chi connectivity index (χ0) is 35.1. The lowest BCUT2D eigenvalue weighted by Crippen LogP contribution is -2.29. The molecule has 2 nitrogen and oxygen atoms in total. The highest BCUT2D eigenvalue weighted by Gasteiger charge is 2.35. The third-order valence-electron chi connectivity index (χ3n) is 9.87. The standard InChI is InChI=1S/C46H50O2/c1-43(2,3)37-23-31(24-38(41(37)47)44(4,5)6)33-17-18-34(32-25-39(45(7,8)9)42(48)40(26-32)46(10,11)12)36-22-30-20-28-16-14-13-15-27(28)19-29(30)21-35(33)36/h13-26H,1-12H3. The Morgan fingerprint density at radius 3 is 0.938 bits per heavy atom. The van der Waals surface area contributed by atoms with Crippen LogP contribution in [0.25, 0.3) is 43.5 Å². The highest BCUT2D eigenvalue weighted by atomic mass is 16.1.